The van der Waals surface area contributed by atoms with Crippen LogP contribution >= 0.6 is 11.6 Å². The topological polar surface area (TPSA) is 50.8 Å². The molecule has 0 amide bonds. The number of anilines is 3. The molecule has 6 rings (SSSR count). The van der Waals surface area contributed by atoms with Crippen LogP contribution in [0.5, 0.6) is 11.5 Å². The van der Waals surface area contributed by atoms with Crippen molar-refractivity contribution < 1.29 is 14.3 Å². The van der Waals surface area contributed by atoms with Gasteiger partial charge in [-0.25, -0.2) is 4.79 Å². The second-order valence-electron chi connectivity index (χ2n) is 8.64. The maximum atomic E-state index is 12.9. The summed E-state index contributed by atoms with van der Waals surface area (Å²) in [5, 5.41) is 3.98. The number of carbonyl (C=O) groups excluding carboxylic acids is 1. The Morgan fingerprint density at radius 1 is 0.794 bits per heavy atom. The Balaban J connectivity index is 1.47. The number of carbonyl (C=O) groups is 1. The third kappa shape index (κ3) is 3.05. The van der Waals surface area contributed by atoms with E-state index in [2.05, 4.69) is 22.3 Å². The van der Waals surface area contributed by atoms with Crippen LogP contribution in [0, 0.1) is 0 Å². The number of nitrogens with zero attached hydrogens (tertiary/aromatic N) is 1. The van der Waals surface area contributed by atoms with Crippen LogP contribution in [0.1, 0.15) is 27.0 Å². The van der Waals surface area contributed by atoms with Crippen LogP contribution in [-0.4, -0.2) is 20.1 Å². The molecule has 0 fully saturated rings. The molecule has 6 heteroatoms. The molecule has 5 nitrogen and oxygen atoms in total. The summed E-state index contributed by atoms with van der Waals surface area (Å²) in [5.74, 6) is 0.818. The summed E-state index contributed by atoms with van der Waals surface area (Å²) in [6.07, 6.45) is 0. The number of benzene rings is 4. The number of ether oxygens (including phenoxy) is 2. The summed E-state index contributed by atoms with van der Waals surface area (Å²) in [6, 6.07) is 26.9. The molecule has 1 N–H and O–H groups in total. The first-order chi connectivity index (χ1) is 16.5. The molecular weight excluding hydrogens is 448 g/mol. The summed E-state index contributed by atoms with van der Waals surface area (Å²) < 4.78 is 12.5. The van der Waals surface area contributed by atoms with E-state index in [1.807, 2.05) is 68.7 Å². The normalized spacial score (nSPS) is 17.3. The van der Waals surface area contributed by atoms with Crippen molar-refractivity contribution in [3.8, 4) is 11.5 Å². The van der Waals surface area contributed by atoms with Gasteiger partial charge >= 0.3 is 5.97 Å². The van der Waals surface area contributed by atoms with Crippen LogP contribution in [0.3, 0.4) is 0 Å². The van der Waals surface area contributed by atoms with E-state index in [-0.39, 0.29) is 5.97 Å². The van der Waals surface area contributed by atoms with Gasteiger partial charge in [0.05, 0.1) is 5.56 Å². The molecule has 168 valence electrons. The fourth-order valence-corrected chi connectivity index (χ4v) is 4.90. The zero-order valence-corrected chi connectivity index (χ0v) is 19.4. The van der Waals surface area contributed by atoms with Gasteiger partial charge in [-0.2, -0.15) is 0 Å². The maximum absolute atomic E-state index is 12.9. The maximum Gasteiger partial charge on any atom is 0.340 e. The van der Waals surface area contributed by atoms with E-state index in [0.29, 0.717) is 22.1 Å². The van der Waals surface area contributed by atoms with Crippen LogP contribution in [-0.2, 0) is 10.3 Å². The van der Waals surface area contributed by atoms with Gasteiger partial charge in [0.25, 0.3) is 0 Å². The van der Waals surface area contributed by atoms with E-state index in [1.165, 1.54) is 0 Å². The molecule has 2 aliphatic rings. The third-order valence-corrected chi connectivity index (χ3v) is 6.58. The van der Waals surface area contributed by atoms with Gasteiger partial charge in [-0.05, 0) is 60.7 Å². The zero-order chi connectivity index (χ0) is 23.4. The Bertz CT molecular complexity index is 1450. The van der Waals surface area contributed by atoms with Gasteiger partial charge in [-0.1, -0.05) is 29.8 Å². The number of halogens is 1. The van der Waals surface area contributed by atoms with Crippen molar-refractivity contribution >= 4 is 34.6 Å². The fourth-order valence-electron chi connectivity index (χ4n) is 4.74. The minimum absolute atomic E-state index is 0.354. The lowest BCUT2D eigenvalue weighted by molar-refractivity contribution is 0.0224. The minimum atomic E-state index is -1.09. The van der Waals surface area contributed by atoms with Gasteiger partial charge in [0.15, 0.2) is 5.60 Å². The van der Waals surface area contributed by atoms with Crippen molar-refractivity contribution in [3.63, 3.8) is 0 Å². The van der Waals surface area contributed by atoms with Crippen LogP contribution in [0.15, 0.2) is 84.9 Å². The standard InChI is InChI=1S/C28H21ClN2O3/c1-31(2)20-11-8-18(9-12-20)30-19-10-14-24-26(16-19)33-25-15-17(29)7-13-23(25)28(24)22-6-4-3-5-21(22)27(32)34-28/h3-16,30H,1-2H3. The van der Waals surface area contributed by atoms with Crippen molar-refractivity contribution in [1.29, 1.82) is 0 Å². The molecule has 0 radical (unpaired) electrons. The molecule has 4 aromatic rings. The highest BCUT2D eigenvalue weighted by atomic mass is 35.5. The number of hydrogen-bond donors (Lipinski definition) is 1. The summed E-state index contributed by atoms with van der Waals surface area (Å²) in [7, 11) is 4.02. The van der Waals surface area contributed by atoms with E-state index >= 15 is 0 Å². The number of esters is 1. The summed E-state index contributed by atoms with van der Waals surface area (Å²) in [4.78, 5) is 15.0. The molecule has 0 bridgehead atoms. The lowest BCUT2D eigenvalue weighted by atomic mass is 9.77. The molecule has 1 spiro atoms. The molecule has 0 saturated carbocycles. The van der Waals surface area contributed by atoms with Gasteiger partial charge < -0.3 is 19.7 Å². The molecule has 0 saturated heterocycles. The average Bonchev–Trinajstić information content (AvgIpc) is 3.12. The van der Waals surface area contributed by atoms with Gasteiger partial charge in [0.1, 0.15) is 11.5 Å². The summed E-state index contributed by atoms with van der Waals surface area (Å²) >= 11 is 6.30. The second-order valence-corrected chi connectivity index (χ2v) is 9.07. The van der Waals surface area contributed by atoms with Crippen LogP contribution in [0.25, 0.3) is 0 Å². The lowest BCUT2D eigenvalue weighted by Gasteiger charge is -2.36. The predicted octanol–water partition coefficient (Wildman–Crippen LogP) is 6.72. The van der Waals surface area contributed by atoms with Crippen molar-refractivity contribution in [2.24, 2.45) is 0 Å². The van der Waals surface area contributed by atoms with Crippen molar-refractivity contribution in [1.82, 2.24) is 0 Å². The highest BCUT2D eigenvalue weighted by molar-refractivity contribution is 6.30. The largest absolute Gasteiger partial charge is 0.456 e. The molecular formula is C28H21ClN2O3. The smallest absolute Gasteiger partial charge is 0.340 e. The molecule has 4 aromatic carbocycles. The van der Waals surface area contributed by atoms with Crippen molar-refractivity contribution in [2.75, 3.05) is 24.3 Å². The Labute approximate surface area is 202 Å². The Morgan fingerprint density at radius 2 is 1.47 bits per heavy atom. The first kappa shape index (κ1) is 20.6. The Hall–Kier alpha value is -3.96. The van der Waals surface area contributed by atoms with Gasteiger partial charge in [-0.15, -0.1) is 0 Å². The average molecular weight is 469 g/mol. The SMILES string of the molecule is CN(C)c1ccc(Nc2ccc3c(c2)Oc2cc(Cl)ccc2C32OC(=O)c3ccccc32)cc1. The molecule has 0 aliphatic carbocycles. The first-order valence-corrected chi connectivity index (χ1v) is 11.3. The lowest BCUT2D eigenvalue weighted by Crippen LogP contribution is -2.33. The molecule has 1 unspecified atom stereocenters. The number of rotatable bonds is 3. The predicted molar refractivity (Wildman–Crippen MR) is 134 cm³/mol. The quantitative estimate of drug-likeness (QED) is 0.338. The van der Waals surface area contributed by atoms with E-state index in [1.54, 1.807) is 18.2 Å². The number of hydrogen-bond acceptors (Lipinski definition) is 5. The third-order valence-electron chi connectivity index (χ3n) is 6.35. The van der Waals surface area contributed by atoms with E-state index in [0.717, 1.165) is 33.8 Å². The first-order valence-electron chi connectivity index (χ1n) is 11.0. The highest BCUT2D eigenvalue weighted by Gasteiger charge is 2.53. The number of fused-ring (bicyclic) bond motifs is 6. The molecule has 1 atom stereocenters. The van der Waals surface area contributed by atoms with Crippen LogP contribution in [0.4, 0.5) is 17.1 Å². The molecule has 2 heterocycles. The van der Waals surface area contributed by atoms with Gasteiger partial charge in [0.2, 0.25) is 0 Å². The fraction of sp³-hybridized carbons (Fsp3) is 0.107. The summed E-state index contributed by atoms with van der Waals surface area (Å²) in [6.45, 7) is 0. The second kappa shape index (κ2) is 7.54. The zero-order valence-electron chi connectivity index (χ0n) is 18.6. The van der Waals surface area contributed by atoms with Gasteiger partial charge in [0, 0.05) is 58.9 Å². The van der Waals surface area contributed by atoms with Gasteiger partial charge in [-0.3, -0.25) is 0 Å². The van der Waals surface area contributed by atoms with Crippen LogP contribution < -0.4 is 15.0 Å². The minimum Gasteiger partial charge on any atom is -0.456 e. The molecule has 2 aliphatic heterocycles. The van der Waals surface area contributed by atoms with Crippen LogP contribution in [0.2, 0.25) is 5.02 Å². The summed E-state index contributed by atoms with van der Waals surface area (Å²) in [5.41, 5.74) is 4.72. The monoisotopic (exact) mass is 468 g/mol. The molecule has 0 aromatic heterocycles. The molecule has 34 heavy (non-hydrogen) atoms. The van der Waals surface area contributed by atoms with Crippen molar-refractivity contribution in [2.45, 2.75) is 5.60 Å². The van der Waals surface area contributed by atoms with Crippen molar-refractivity contribution in [3.05, 3.63) is 112 Å². The van der Waals surface area contributed by atoms with E-state index < -0.39 is 5.60 Å². The Kier molecular flexibility index (Phi) is 4.57. The highest BCUT2D eigenvalue weighted by Crippen LogP contribution is 2.56. The van der Waals surface area contributed by atoms with E-state index in [9.17, 15) is 4.79 Å². The Morgan fingerprint density at radius 3 is 2.24 bits per heavy atom. The number of nitrogens with one attached hydrogen (secondary N) is 1. The van der Waals surface area contributed by atoms with E-state index in [4.69, 9.17) is 21.1 Å².